The Balaban J connectivity index is 1.81. The average molecular weight is 420 g/mol. The molecule has 0 amide bonds. The van der Waals surface area contributed by atoms with E-state index in [1.807, 2.05) is 51.1 Å². The lowest BCUT2D eigenvalue weighted by Gasteiger charge is -2.17. The van der Waals surface area contributed by atoms with Gasteiger partial charge in [-0.1, -0.05) is 15.9 Å². The summed E-state index contributed by atoms with van der Waals surface area (Å²) in [5.41, 5.74) is 3.32. The number of aromatic nitrogens is 2. The standard InChI is InChI=1S/C19H22BrN3O3/c1-4-25-17-7-12(14(20)9-18(17)26-11(2)3)10-21-13-5-6-15-16(8-13)23-19(24)22-15/h5-9,11,21H,4,10H2,1-3H3,(H2,22,23,24). The lowest BCUT2D eigenvalue weighted by molar-refractivity contribution is 0.223. The first-order valence-corrected chi connectivity index (χ1v) is 9.33. The molecule has 1 heterocycles. The van der Waals surface area contributed by atoms with Crippen molar-refractivity contribution in [2.45, 2.75) is 33.4 Å². The van der Waals surface area contributed by atoms with Crippen LogP contribution in [0.4, 0.5) is 5.69 Å². The Morgan fingerprint density at radius 1 is 1.12 bits per heavy atom. The molecular formula is C19H22BrN3O3. The minimum absolute atomic E-state index is 0.0697. The highest BCUT2D eigenvalue weighted by Gasteiger charge is 2.12. The maximum absolute atomic E-state index is 11.4. The fraction of sp³-hybridized carbons (Fsp3) is 0.316. The Bertz CT molecular complexity index is 962. The van der Waals surface area contributed by atoms with E-state index in [0.29, 0.717) is 13.2 Å². The van der Waals surface area contributed by atoms with Gasteiger partial charge in [0.05, 0.1) is 23.7 Å². The van der Waals surface area contributed by atoms with Gasteiger partial charge < -0.3 is 24.8 Å². The van der Waals surface area contributed by atoms with E-state index >= 15 is 0 Å². The Kier molecular flexibility index (Phi) is 5.56. The van der Waals surface area contributed by atoms with E-state index in [1.165, 1.54) is 0 Å². The zero-order valence-electron chi connectivity index (χ0n) is 15.0. The summed E-state index contributed by atoms with van der Waals surface area (Å²) in [4.78, 5) is 16.9. The molecule has 2 aromatic carbocycles. The van der Waals surface area contributed by atoms with Crippen molar-refractivity contribution in [3.8, 4) is 11.5 Å². The second-order valence-corrected chi connectivity index (χ2v) is 7.04. The number of aromatic amines is 2. The molecule has 0 radical (unpaired) electrons. The molecule has 0 aliphatic carbocycles. The molecule has 6 nitrogen and oxygen atoms in total. The summed E-state index contributed by atoms with van der Waals surface area (Å²) < 4.78 is 12.5. The molecule has 0 saturated heterocycles. The number of rotatable bonds is 7. The molecule has 7 heteroatoms. The van der Waals surface area contributed by atoms with Crippen LogP contribution < -0.4 is 20.5 Å². The number of ether oxygens (including phenoxy) is 2. The molecule has 26 heavy (non-hydrogen) atoms. The summed E-state index contributed by atoms with van der Waals surface area (Å²) in [5, 5.41) is 3.37. The summed E-state index contributed by atoms with van der Waals surface area (Å²) in [5.74, 6) is 1.45. The molecule has 3 aromatic rings. The van der Waals surface area contributed by atoms with Crippen LogP contribution in [0.3, 0.4) is 0 Å². The molecule has 0 unspecified atom stereocenters. The van der Waals surface area contributed by atoms with Gasteiger partial charge in [0.1, 0.15) is 0 Å². The highest BCUT2D eigenvalue weighted by Crippen LogP contribution is 2.35. The van der Waals surface area contributed by atoms with E-state index in [1.54, 1.807) is 0 Å². The number of anilines is 1. The summed E-state index contributed by atoms with van der Waals surface area (Å²) in [6.07, 6.45) is 0.0697. The highest BCUT2D eigenvalue weighted by atomic mass is 79.9. The van der Waals surface area contributed by atoms with Crippen molar-refractivity contribution >= 4 is 32.7 Å². The average Bonchev–Trinajstić information content (AvgIpc) is 2.95. The van der Waals surface area contributed by atoms with Crippen LogP contribution in [0.2, 0.25) is 0 Å². The van der Waals surface area contributed by atoms with Gasteiger partial charge in [-0.3, -0.25) is 0 Å². The van der Waals surface area contributed by atoms with Crippen LogP contribution in [0.25, 0.3) is 11.0 Å². The first kappa shape index (κ1) is 18.4. The van der Waals surface area contributed by atoms with E-state index in [0.717, 1.165) is 38.3 Å². The number of H-pyrrole nitrogens is 2. The van der Waals surface area contributed by atoms with E-state index in [2.05, 4.69) is 31.2 Å². The number of halogens is 1. The second-order valence-electron chi connectivity index (χ2n) is 6.18. The lowest BCUT2D eigenvalue weighted by atomic mass is 10.2. The normalized spacial score (nSPS) is 11.1. The maximum Gasteiger partial charge on any atom is 0.323 e. The SMILES string of the molecule is CCOc1cc(CNc2ccc3[nH]c(=O)[nH]c3c2)c(Br)cc1OC(C)C. The van der Waals surface area contributed by atoms with Gasteiger partial charge in [-0.2, -0.15) is 0 Å². The Hall–Kier alpha value is -2.41. The molecule has 0 spiro atoms. The number of imidazole rings is 1. The third-order valence-corrected chi connectivity index (χ3v) is 4.51. The molecule has 0 aliphatic heterocycles. The summed E-state index contributed by atoms with van der Waals surface area (Å²) >= 11 is 3.61. The van der Waals surface area contributed by atoms with Crippen LogP contribution in [0.15, 0.2) is 39.6 Å². The lowest BCUT2D eigenvalue weighted by Crippen LogP contribution is -2.08. The van der Waals surface area contributed by atoms with Gasteiger partial charge in [-0.05, 0) is 56.7 Å². The predicted molar refractivity (Wildman–Crippen MR) is 107 cm³/mol. The van der Waals surface area contributed by atoms with Crippen molar-refractivity contribution in [3.05, 3.63) is 50.9 Å². The molecule has 138 valence electrons. The van der Waals surface area contributed by atoms with Crippen LogP contribution >= 0.6 is 15.9 Å². The number of nitrogens with one attached hydrogen (secondary N) is 3. The van der Waals surface area contributed by atoms with Crippen LogP contribution in [-0.2, 0) is 6.54 Å². The topological polar surface area (TPSA) is 79.1 Å². The van der Waals surface area contributed by atoms with Crippen molar-refractivity contribution in [2.24, 2.45) is 0 Å². The van der Waals surface area contributed by atoms with Crippen molar-refractivity contribution in [3.63, 3.8) is 0 Å². The molecule has 3 rings (SSSR count). The van der Waals surface area contributed by atoms with Gasteiger partial charge in [0.2, 0.25) is 0 Å². The predicted octanol–water partition coefficient (Wildman–Crippen LogP) is 4.42. The quantitative estimate of drug-likeness (QED) is 0.529. The molecule has 1 aromatic heterocycles. The maximum atomic E-state index is 11.4. The fourth-order valence-electron chi connectivity index (χ4n) is 2.67. The summed E-state index contributed by atoms with van der Waals surface area (Å²) in [6.45, 7) is 7.09. The van der Waals surface area contributed by atoms with Crippen molar-refractivity contribution in [2.75, 3.05) is 11.9 Å². The fourth-order valence-corrected chi connectivity index (χ4v) is 3.13. The molecule has 0 fully saturated rings. The van der Waals surface area contributed by atoms with Gasteiger partial charge in [0.15, 0.2) is 11.5 Å². The number of hydrogen-bond acceptors (Lipinski definition) is 4. The number of fused-ring (bicyclic) bond motifs is 1. The van der Waals surface area contributed by atoms with Crippen molar-refractivity contribution in [1.29, 1.82) is 0 Å². The minimum atomic E-state index is -0.206. The van der Waals surface area contributed by atoms with Gasteiger partial charge >= 0.3 is 5.69 Å². The summed E-state index contributed by atoms with van der Waals surface area (Å²) in [7, 11) is 0. The third kappa shape index (κ3) is 4.22. The Morgan fingerprint density at radius 2 is 1.88 bits per heavy atom. The largest absolute Gasteiger partial charge is 0.490 e. The molecule has 3 N–H and O–H groups in total. The Morgan fingerprint density at radius 3 is 2.62 bits per heavy atom. The Labute approximate surface area is 160 Å². The first-order chi connectivity index (χ1) is 12.5. The molecule has 0 bridgehead atoms. The summed E-state index contributed by atoms with van der Waals surface area (Å²) in [6, 6.07) is 9.63. The zero-order chi connectivity index (χ0) is 18.7. The van der Waals surface area contributed by atoms with Crippen molar-refractivity contribution in [1.82, 2.24) is 9.97 Å². The van der Waals surface area contributed by atoms with Crippen molar-refractivity contribution < 1.29 is 9.47 Å². The van der Waals surface area contributed by atoms with E-state index in [-0.39, 0.29) is 11.8 Å². The third-order valence-electron chi connectivity index (χ3n) is 3.77. The zero-order valence-corrected chi connectivity index (χ0v) is 16.6. The van der Waals surface area contributed by atoms with Crippen LogP contribution in [-0.4, -0.2) is 22.7 Å². The van der Waals surface area contributed by atoms with E-state index < -0.39 is 0 Å². The van der Waals surface area contributed by atoms with Gasteiger partial charge in [-0.25, -0.2) is 4.79 Å². The van der Waals surface area contributed by atoms with Gasteiger partial charge in [0.25, 0.3) is 0 Å². The molecular weight excluding hydrogens is 398 g/mol. The van der Waals surface area contributed by atoms with Gasteiger partial charge in [-0.15, -0.1) is 0 Å². The number of benzene rings is 2. The van der Waals surface area contributed by atoms with Gasteiger partial charge in [0, 0.05) is 16.7 Å². The van der Waals surface area contributed by atoms with E-state index in [4.69, 9.17) is 9.47 Å². The monoisotopic (exact) mass is 419 g/mol. The second kappa shape index (κ2) is 7.86. The van der Waals surface area contributed by atoms with E-state index in [9.17, 15) is 4.79 Å². The number of hydrogen-bond donors (Lipinski definition) is 3. The molecule has 0 aliphatic rings. The smallest absolute Gasteiger partial charge is 0.323 e. The minimum Gasteiger partial charge on any atom is -0.490 e. The first-order valence-electron chi connectivity index (χ1n) is 8.54. The van der Waals surface area contributed by atoms with Crippen LogP contribution in [0, 0.1) is 0 Å². The highest BCUT2D eigenvalue weighted by molar-refractivity contribution is 9.10. The molecule has 0 saturated carbocycles. The van der Waals surface area contributed by atoms with Crippen LogP contribution in [0.5, 0.6) is 11.5 Å². The molecule has 0 atom stereocenters. The van der Waals surface area contributed by atoms with Crippen LogP contribution in [0.1, 0.15) is 26.3 Å².